The molecule has 0 spiro atoms. The average Bonchev–Trinajstić information content (AvgIpc) is 3.21. The highest BCUT2D eigenvalue weighted by Crippen LogP contribution is 2.30. The predicted octanol–water partition coefficient (Wildman–Crippen LogP) is 4.53. The van der Waals surface area contributed by atoms with Gasteiger partial charge in [0.1, 0.15) is 11.5 Å². The van der Waals surface area contributed by atoms with Crippen LogP contribution in [-0.4, -0.2) is 11.9 Å². The number of benzene rings is 2. The van der Waals surface area contributed by atoms with Gasteiger partial charge in [-0.2, -0.15) is 0 Å². The second kappa shape index (κ2) is 6.93. The van der Waals surface area contributed by atoms with E-state index >= 15 is 0 Å². The van der Waals surface area contributed by atoms with Gasteiger partial charge in [-0.1, -0.05) is 48.2 Å². The van der Waals surface area contributed by atoms with Crippen LogP contribution in [0.3, 0.4) is 0 Å². The van der Waals surface area contributed by atoms with Crippen molar-refractivity contribution in [2.75, 3.05) is 4.90 Å². The molecule has 0 saturated carbocycles. The first-order valence-corrected chi connectivity index (χ1v) is 8.77. The minimum absolute atomic E-state index is 0.185. The van der Waals surface area contributed by atoms with Crippen molar-refractivity contribution < 1.29 is 14.0 Å². The molecule has 0 bridgehead atoms. The molecular formula is C20H14N2O3S. The van der Waals surface area contributed by atoms with Gasteiger partial charge in [0.25, 0.3) is 5.91 Å². The molecule has 26 heavy (non-hydrogen) atoms. The van der Waals surface area contributed by atoms with Gasteiger partial charge >= 0.3 is 6.03 Å². The molecule has 1 aliphatic heterocycles. The third-order valence-electron chi connectivity index (χ3n) is 3.74. The molecular weight excluding hydrogens is 348 g/mol. The summed E-state index contributed by atoms with van der Waals surface area (Å²) in [6, 6.07) is 21.8. The van der Waals surface area contributed by atoms with E-state index in [0.717, 1.165) is 9.80 Å². The Morgan fingerprint density at radius 1 is 0.885 bits per heavy atom. The summed E-state index contributed by atoms with van der Waals surface area (Å²) in [7, 11) is 0. The van der Waals surface area contributed by atoms with Crippen LogP contribution in [0.2, 0.25) is 0 Å². The van der Waals surface area contributed by atoms with Gasteiger partial charge in [-0.05, 0) is 36.4 Å². The number of rotatable bonds is 4. The maximum Gasteiger partial charge on any atom is 0.333 e. The minimum Gasteiger partial charge on any atom is -0.450 e. The van der Waals surface area contributed by atoms with Crippen molar-refractivity contribution in [2.24, 2.45) is 0 Å². The summed E-state index contributed by atoms with van der Waals surface area (Å²) >= 11 is 1.49. The summed E-state index contributed by atoms with van der Waals surface area (Å²) in [5.41, 5.74) is 0.711. The van der Waals surface area contributed by atoms with Crippen LogP contribution in [0.1, 0.15) is 5.76 Å². The molecule has 0 radical (unpaired) electrons. The zero-order valence-corrected chi connectivity index (χ0v) is 14.4. The second-order valence-electron chi connectivity index (χ2n) is 5.54. The first kappa shape index (κ1) is 16.2. The van der Waals surface area contributed by atoms with E-state index in [0.29, 0.717) is 16.5 Å². The lowest BCUT2D eigenvalue weighted by Gasteiger charge is -2.10. The fourth-order valence-electron chi connectivity index (χ4n) is 2.56. The maximum atomic E-state index is 12.5. The van der Waals surface area contributed by atoms with E-state index < -0.39 is 11.9 Å². The molecule has 4 rings (SSSR count). The first-order chi connectivity index (χ1) is 12.7. The molecule has 5 nitrogen and oxygen atoms in total. The van der Waals surface area contributed by atoms with Crippen molar-refractivity contribution in [3.63, 3.8) is 0 Å². The van der Waals surface area contributed by atoms with Crippen LogP contribution in [0.15, 0.2) is 92.9 Å². The highest BCUT2D eigenvalue weighted by Gasteiger charge is 2.34. The van der Waals surface area contributed by atoms with E-state index in [1.54, 1.807) is 30.3 Å². The molecule has 0 unspecified atom stereocenters. The Bertz CT molecular complexity index is 981. The second-order valence-corrected chi connectivity index (χ2v) is 6.61. The third-order valence-corrected chi connectivity index (χ3v) is 4.67. The third kappa shape index (κ3) is 3.27. The normalized spacial score (nSPS) is 15.5. The van der Waals surface area contributed by atoms with Crippen molar-refractivity contribution in [3.8, 4) is 0 Å². The molecule has 3 aromatic rings. The molecule has 3 amide bonds. The van der Waals surface area contributed by atoms with Crippen molar-refractivity contribution >= 4 is 35.5 Å². The Hall–Kier alpha value is -3.25. The number of furan rings is 1. The van der Waals surface area contributed by atoms with Crippen LogP contribution < -0.4 is 10.2 Å². The summed E-state index contributed by atoms with van der Waals surface area (Å²) in [4.78, 5) is 26.9. The Labute approximate surface area is 154 Å². The first-order valence-electron chi connectivity index (χ1n) is 7.95. The van der Waals surface area contributed by atoms with E-state index in [4.69, 9.17) is 4.42 Å². The topological polar surface area (TPSA) is 62.6 Å². The number of para-hydroxylation sites is 1. The molecule has 1 fully saturated rings. The number of amides is 3. The van der Waals surface area contributed by atoms with Crippen LogP contribution in [-0.2, 0) is 4.79 Å². The number of imide groups is 1. The number of carbonyl (C=O) groups is 2. The van der Waals surface area contributed by atoms with E-state index in [2.05, 4.69) is 5.32 Å². The Morgan fingerprint density at radius 3 is 2.31 bits per heavy atom. The molecule has 1 aromatic heterocycles. The number of anilines is 1. The largest absolute Gasteiger partial charge is 0.450 e. The minimum atomic E-state index is -0.474. The molecule has 2 heterocycles. The predicted molar refractivity (Wildman–Crippen MR) is 99.7 cm³/mol. The van der Waals surface area contributed by atoms with Gasteiger partial charge in [0, 0.05) is 11.0 Å². The average molecular weight is 362 g/mol. The number of hydrogen-bond acceptors (Lipinski definition) is 4. The highest BCUT2D eigenvalue weighted by atomic mass is 32.2. The Morgan fingerprint density at radius 2 is 1.58 bits per heavy atom. The monoisotopic (exact) mass is 362 g/mol. The van der Waals surface area contributed by atoms with Gasteiger partial charge < -0.3 is 9.73 Å². The molecule has 6 heteroatoms. The molecule has 1 saturated heterocycles. The number of urea groups is 1. The van der Waals surface area contributed by atoms with Gasteiger partial charge in [0.15, 0.2) is 5.09 Å². The number of nitrogens with zero attached hydrogens (tertiary/aromatic N) is 1. The van der Waals surface area contributed by atoms with E-state index in [9.17, 15) is 9.59 Å². The number of carbonyl (C=O) groups excluding carboxylic acids is 2. The summed E-state index contributed by atoms with van der Waals surface area (Å²) < 4.78 is 5.74. The lowest BCUT2D eigenvalue weighted by Crippen LogP contribution is -2.30. The van der Waals surface area contributed by atoms with Crippen molar-refractivity contribution in [2.45, 2.75) is 9.99 Å². The van der Waals surface area contributed by atoms with E-state index in [1.165, 1.54) is 17.8 Å². The van der Waals surface area contributed by atoms with E-state index in [1.807, 2.05) is 42.5 Å². The van der Waals surface area contributed by atoms with Gasteiger partial charge in [-0.15, -0.1) is 0 Å². The zero-order valence-electron chi connectivity index (χ0n) is 13.6. The summed E-state index contributed by atoms with van der Waals surface area (Å²) in [5.74, 6) is 0.0943. The smallest absolute Gasteiger partial charge is 0.333 e. The summed E-state index contributed by atoms with van der Waals surface area (Å²) in [5, 5.41) is 3.30. The van der Waals surface area contributed by atoms with Crippen LogP contribution in [0.25, 0.3) is 6.08 Å². The maximum absolute atomic E-state index is 12.5. The molecule has 0 aliphatic carbocycles. The van der Waals surface area contributed by atoms with Gasteiger partial charge in [0.2, 0.25) is 0 Å². The number of nitrogens with one attached hydrogen (secondary N) is 1. The van der Waals surface area contributed by atoms with Crippen LogP contribution in [0, 0.1) is 0 Å². The van der Waals surface area contributed by atoms with Crippen LogP contribution in [0.5, 0.6) is 0 Å². The quantitative estimate of drug-likeness (QED) is 0.547. The summed E-state index contributed by atoms with van der Waals surface area (Å²) in [6.45, 7) is 0. The molecule has 1 N–H and O–H groups in total. The zero-order chi connectivity index (χ0) is 17.9. The standard InChI is InChI=1S/C20H14N2O3S/c23-19-17(21-20(24)22(19)14-7-3-1-4-8-14)13-15-11-12-18(25-15)26-16-9-5-2-6-10-16/h1-13H,(H,21,24). The van der Waals surface area contributed by atoms with Gasteiger partial charge in [-0.25, -0.2) is 9.69 Å². The van der Waals surface area contributed by atoms with Crippen LogP contribution in [0.4, 0.5) is 10.5 Å². The Balaban J connectivity index is 1.54. The molecule has 0 atom stereocenters. The van der Waals surface area contributed by atoms with Crippen molar-refractivity contribution in [1.82, 2.24) is 5.32 Å². The van der Waals surface area contributed by atoms with Crippen LogP contribution >= 0.6 is 11.8 Å². The molecule has 2 aromatic carbocycles. The van der Waals surface area contributed by atoms with Crippen molar-refractivity contribution in [3.05, 3.63) is 84.3 Å². The molecule has 1 aliphatic rings. The van der Waals surface area contributed by atoms with E-state index in [-0.39, 0.29) is 5.70 Å². The molecule has 128 valence electrons. The fraction of sp³-hybridized carbons (Fsp3) is 0. The van der Waals surface area contributed by atoms with Gasteiger partial charge in [-0.3, -0.25) is 4.79 Å². The highest BCUT2D eigenvalue weighted by molar-refractivity contribution is 7.99. The lowest BCUT2D eigenvalue weighted by molar-refractivity contribution is -0.113. The SMILES string of the molecule is O=C1NC(=Cc2ccc(Sc3ccccc3)o2)C(=O)N1c1ccccc1. The fourth-order valence-corrected chi connectivity index (χ4v) is 3.36. The van der Waals surface area contributed by atoms with Crippen molar-refractivity contribution in [1.29, 1.82) is 0 Å². The van der Waals surface area contributed by atoms with Gasteiger partial charge in [0.05, 0.1) is 5.69 Å². The summed E-state index contributed by atoms with van der Waals surface area (Å²) in [6.07, 6.45) is 1.54. The lowest BCUT2D eigenvalue weighted by atomic mass is 10.3. The Kier molecular flexibility index (Phi) is 4.33. The number of hydrogen-bond donors (Lipinski definition) is 1.